The number of nitrogens with zero attached hydrogens (tertiary/aromatic N) is 2. The smallest absolute Gasteiger partial charge is 0.270 e. The van der Waals surface area contributed by atoms with Crippen LogP contribution in [0, 0.1) is 0 Å². The number of hydrogen-bond donors (Lipinski definition) is 0. The minimum absolute atomic E-state index is 0.219. The Labute approximate surface area is 129 Å². The lowest BCUT2D eigenvalue weighted by atomic mass is 9.94. The van der Waals surface area contributed by atoms with Crippen LogP contribution in [0.25, 0.3) is 0 Å². The van der Waals surface area contributed by atoms with Crippen LogP contribution < -0.4 is 0 Å². The molecule has 0 aromatic carbocycles. The van der Waals surface area contributed by atoms with Crippen molar-refractivity contribution < 1.29 is 4.79 Å². The van der Waals surface area contributed by atoms with Gasteiger partial charge in [-0.2, -0.15) is 0 Å². The molecular weight excluding hydrogens is 316 g/mol. The standard InChI is InChI=1S/C16H23BrN2O/c1-2-18(13-6-4-3-5-7-13)16(20)15-10-12(17)11-19(15)14-8-9-14/h10-11,13-14H,2-9H2,1H3. The van der Waals surface area contributed by atoms with E-state index in [4.69, 9.17) is 0 Å². The number of carbonyl (C=O) groups excluding carboxylic acids is 1. The molecule has 0 atom stereocenters. The van der Waals surface area contributed by atoms with Crippen molar-refractivity contribution in [3.05, 3.63) is 22.4 Å². The molecule has 2 aliphatic carbocycles. The van der Waals surface area contributed by atoms with E-state index in [0.29, 0.717) is 12.1 Å². The molecular formula is C16H23BrN2O. The monoisotopic (exact) mass is 338 g/mol. The molecule has 2 fully saturated rings. The maximum atomic E-state index is 12.9. The van der Waals surface area contributed by atoms with Crippen LogP contribution in [0.15, 0.2) is 16.7 Å². The number of carbonyl (C=O) groups is 1. The zero-order chi connectivity index (χ0) is 14.1. The number of rotatable bonds is 4. The number of hydrogen-bond acceptors (Lipinski definition) is 1. The van der Waals surface area contributed by atoms with Crippen molar-refractivity contribution in [1.82, 2.24) is 9.47 Å². The zero-order valence-electron chi connectivity index (χ0n) is 12.1. The fourth-order valence-electron chi connectivity index (χ4n) is 3.38. The minimum Gasteiger partial charge on any atom is -0.339 e. The van der Waals surface area contributed by atoms with E-state index in [-0.39, 0.29) is 5.91 Å². The molecule has 0 spiro atoms. The molecule has 2 saturated carbocycles. The number of amides is 1. The average molecular weight is 339 g/mol. The van der Waals surface area contributed by atoms with Gasteiger partial charge in [0.2, 0.25) is 0 Å². The van der Waals surface area contributed by atoms with Gasteiger partial charge in [-0.25, -0.2) is 0 Å². The highest BCUT2D eigenvalue weighted by atomic mass is 79.9. The summed E-state index contributed by atoms with van der Waals surface area (Å²) in [6.45, 7) is 2.92. The van der Waals surface area contributed by atoms with Crippen molar-refractivity contribution >= 4 is 21.8 Å². The van der Waals surface area contributed by atoms with E-state index in [1.807, 2.05) is 6.07 Å². The minimum atomic E-state index is 0.219. The molecule has 0 bridgehead atoms. The molecule has 1 heterocycles. The third-order valence-electron chi connectivity index (χ3n) is 4.59. The lowest BCUT2D eigenvalue weighted by Crippen LogP contribution is -2.42. The molecule has 3 rings (SSSR count). The Balaban J connectivity index is 1.82. The topological polar surface area (TPSA) is 25.2 Å². The van der Waals surface area contributed by atoms with Gasteiger partial charge in [-0.1, -0.05) is 19.3 Å². The highest BCUT2D eigenvalue weighted by Crippen LogP contribution is 2.38. The van der Waals surface area contributed by atoms with Crippen LogP contribution in [-0.4, -0.2) is 28.0 Å². The summed E-state index contributed by atoms with van der Waals surface area (Å²) < 4.78 is 3.20. The molecule has 110 valence electrons. The van der Waals surface area contributed by atoms with Crippen LogP contribution in [0.1, 0.15) is 68.4 Å². The quantitative estimate of drug-likeness (QED) is 0.799. The summed E-state index contributed by atoms with van der Waals surface area (Å²) in [5.41, 5.74) is 0.867. The van der Waals surface area contributed by atoms with E-state index in [0.717, 1.165) is 16.7 Å². The van der Waals surface area contributed by atoms with E-state index in [1.165, 1.54) is 44.9 Å². The molecule has 0 N–H and O–H groups in total. The van der Waals surface area contributed by atoms with Gasteiger partial charge in [-0.3, -0.25) is 4.79 Å². The molecule has 1 aromatic heterocycles. The second kappa shape index (κ2) is 5.92. The first-order chi connectivity index (χ1) is 9.70. The molecule has 2 aliphatic rings. The van der Waals surface area contributed by atoms with Gasteiger partial charge in [0.15, 0.2) is 0 Å². The van der Waals surface area contributed by atoms with E-state index in [2.05, 4.69) is 38.5 Å². The maximum absolute atomic E-state index is 12.9. The molecule has 20 heavy (non-hydrogen) atoms. The molecule has 0 saturated heterocycles. The summed E-state index contributed by atoms with van der Waals surface area (Å²) in [6.07, 6.45) is 10.7. The Morgan fingerprint density at radius 2 is 2.00 bits per heavy atom. The van der Waals surface area contributed by atoms with Gasteiger partial charge < -0.3 is 9.47 Å². The first-order valence-corrected chi connectivity index (χ1v) is 8.68. The van der Waals surface area contributed by atoms with Gasteiger partial charge >= 0.3 is 0 Å². The Kier molecular flexibility index (Phi) is 4.20. The maximum Gasteiger partial charge on any atom is 0.270 e. The van der Waals surface area contributed by atoms with Gasteiger partial charge in [0.1, 0.15) is 5.69 Å². The van der Waals surface area contributed by atoms with Gasteiger partial charge in [0.25, 0.3) is 5.91 Å². The van der Waals surface area contributed by atoms with Crippen molar-refractivity contribution in [2.75, 3.05) is 6.54 Å². The molecule has 0 radical (unpaired) electrons. The number of halogens is 1. The van der Waals surface area contributed by atoms with Gasteiger partial charge in [-0.15, -0.1) is 0 Å². The van der Waals surface area contributed by atoms with Gasteiger partial charge in [0, 0.05) is 29.3 Å². The summed E-state index contributed by atoms with van der Waals surface area (Å²) in [6, 6.07) is 2.99. The van der Waals surface area contributed by atoms with Crippen LogP contribution in [0.4, 0.5) is 0 Å². The lowest BCUT2D eigenvalue weighted by Gasteiger charge is -2.33. The van der Waals surface area contributed by atoms with Crippen molar-refractivity contribution in [1.29, 1.82) is 0 Å². The van der Waals surface area contributed by atoms with Crippen molar-refractivity contribution in [3.8, 4) is 0 Å². The lowest BCUT2D eigenvalue weighted by molar-refractivity contribution is 0.0636. The van der Waals surface area contributed by atoms with Crippen LogP contribution >= 0.6 is 15.9 Å². The third kappa shape index (κ3) is 2.80. The summed E-state index contributed by atoms with van der Waals surface area (Å²) >= 11 is 3.52. The van der Waals surface area contributed by atoms with E-state index in [1.54, 1.807) is 0 Å². The predicted octanol–water partition coefficient (Wildman–Crippen LogP) is 4.38. The van der Waals surface area contributed by atoms with E-state index in [9.17, 15) is 4.79 Å². The number of aromatic nitrogens is 1. The Morgan fingerprint density at radius 3 is 2.60 bits per heavy atom. The molecule has 0 aliphatic heterocycles. The summed E-state index contributed by atoms with van der Waals surface area (Å²) in [7, 11) is 0. The van der Waals surface area contributed by atoms with Crippen molar-refractivity contribution in [2.24, 2.45) is 0 Å². The molecule has 0 unspecified atom stereocenters. The SMILES string of the molecule is CCN(C(=O)c1cc(Br)cn1C1CC1)C1CCCCC1. The van der Waals surface area contributed by atoms with Crippen molar-refractivity contribution in [2.45, 2.75) is 64.0 Å². The highest BCUT2D eigenvalue weighted by molar-refractivity contribution is 9.10. The summed E-state index contributed by atoms with van der Waals surface area (Å²) in [5.74, 6) is 0.219. The average Bonchev–Trinajstić information content (AvgIpc) is 3.23. The Hall–Kier alpha value is -0.770. The Morgan fingerprint density at radius 1 is 1.30 bits per heavy atom. The molecule has 4 heteroatoms. The van der Waals surface area contributed by atoms with Gasteiger partial charge in [0.05, 0.1) is 0 Å². The first-order valence-electron chi connectivity index (χ1n) is 7.89. The normalized spacial score (nSPS) is 20.1. The van der Waals surface area contributed by atoms with Crippen LogP contribution in [0.2, 0.25) is 0 Å². The Bertz CT molecular complexity index is 487. The van der Waals surface area contributed by atoms with Crippen LogP contribution in [0.3, 0.4) is 0 Å². The second-order valence-corrected chi connectivity index (χ2v) is 6.98. The van der Waals surface area contributed by atoms with Gasteiger partial charge in [-0.05, 0) is 54.6 Å². The van der Waals surface area contributed by atoms with Crippen molar-refractivity contribution in [3.63, 3.8) is 0 Å². The van der Waals surface area contributed by atoms with Crippen LogP contribution in [0.5, 0.6) is 0 Å². The van der Waals surface area contributed by atoms with E-state index >= 15 is 0 Å². The summed E-state index contributed by atoms with van der Waals surface area (Å²) in [5, 5.41) is 0. The third-order valence-corrected chi connectivity index (χ3v) is 5.03. The summed E-state index contributed by atoms with van der Waals surface area (Å²) in [4.78, 5) is 15.0. The first kappa shape index (κ1) is 14.2. The molecule has 3 nitrogen and oxygen atoms in total. The van der Waals surface area contributed by atoms with Crippen LogP contribution in [-0.2, 0) is 0 Å². The largest absolute Gasteiger partial charge is 0.339 e. The zero-order valence-corrected chi connectivity index (χ0v) is 13.7. The predicted molar refractivity (Wildman–Crippen MR) is 84.0 cm³/mol. The fourth-order valence-corrected chi connectivity index (χ4v) is 3.82. The fraction of sp³-hybridized carbons (Fsp3) is 0.688. The molecule has 1 aromatic rings. The molecule has 1 amide bonds. The van der Waals surface area contributed by atoms with E-state index < -0.39 is 0 Å². The second-order valence-electron chi connectivity index (χ2n) is 6.07. The highest BCUT2D eigenvalue weighted by Gasteiger charge is 2.31.